The lowest BCUT2D eigenvalue weighted by molar-refractivity contribution is 0.528. The van der Waals surface area contributed by atoms with Crippen molar-refractivity contribution < 1.29 is 0 Å². The number of rotatable bonds is 6. The van der Waals surface area contributed by atoms with Crippen LogP contribution in [-0.2, 0) is 6.54 Å². The molecule has 4 heteroatoms. The first-order chi connectivity index (χ1) is 9.67. The standard InChI is InChI=1S/C16H22BrN3/c1-4-9-18-16(15-8-10-19-20(15)5-2)13-7-6-12(3)11-14(13)17/h6-8,10-11,16,18H,4-5,9H2,1-3H3. The number of aromatic nitrogens is 2. The van der Waals surface area contributed by atoms with Crippen molar-refractivity contribution in [3.8, 4) is 0 Å². The van der Waals surface area contributed by atoms with Crippen LogP contribution in [0.15, 0.2) is 34.9 Å². The van der Waals surface area contributed by atoms with Crippen molar-refractivity contribution in [2.45, 2.75) is 39.8 Å². The summed E-state index contributed by atoms with van der Waals surface area (Å²) >= 11 is 3.70. The quantitative estimate of drug-likeness (QED) is 0.862. The average Bonchev–Trinajstić information content (AvgIpc) is 2.89. The van der Waals surface area contributed by atoms with E-state index in [1.807, 2.05) is 6.20 Å². The van der Waals surface area contributed by atoms with Crippen LogP contribution in [0.4, 0.5) is 0 Å². The largest absolute Gasteiger partial charge is 0.305 e. The monoisotopic (exact) mass is 335 g/mol. The van der Waals surface area contributed by atoms with E-state index in [1.54, 1.807) is 0 Å². The zero-order valence-corrected chi connectivity index (χ0v) is 13.9. The molecule has 0 aliphatic heterocycles. The van der Waals surface area contributed by atoms with Crippen LogP contribution in [0.2, 0.25) is 0 Å². The van der Waals surface area contributed by atoms with Gasteiger partial charge in [0.25, 0.3) is 0 Å². The molecule has 2 rings (SSSR count). The number of hydrogen-bond acceptors (Lipinski definition) is 2. The zero-order valence-electron chi connectivity index (χ0n) is 12.4. The van der Waals surface area contributed by atoms with Crippen molar-refractivity contribution in [1.82, 2.24) is 15.1 Å². The van der Waals surface area contributed by atoms with E-state index < -0.39 is 0 Å². The fourth-order valence-corrected chi connectivity index (χ4v) is 3.10. The second-order valence-corrected chi connectivity index (χ2v) is 5.84. The van der Waals surface area contributed by atoms with Crippen LogP contribution in [0.1, 0.15) is 43.1 Å². The number of halogens is 1. The maximum absolute atomic E-state index is 4.40. The molecule has 1 heterocycles. The molecule has 1 aromatic carbocycles. The highest BCUT2D eigenvalue weighted by Crippen LogP contribution is 2.29. The highest BCUT2D eigenvalue weighted by molar-refractivity contribution is 9.10. The fourth-order valence-electron chi connectivity index (χ4n) is 2.38. The summed E-state index contributed by atoms with van der Waals surface area (Å²) in [5.41, 5.74) is 3.74. The predicted octanol–water partition coefficient (Wildman–Crippen LogP) is 4.06. The zero-order chi connectivity index (χ0) is 14.5. The summed E-state index contributed by atoms with van der Waals surface area (Å²) in [5.74, 6) is 0. The lowest BCUT2D eigenvalue weighted by Crippen LogP contribution is -2.26. The third-order valence-electron chi connectivity index (χ3n) is 3.41. The molecule has 2 aromatic rings. The molecule has 0 amide bonds. The Labute approximate surface area is 129 Å². The molecule has 0 saturated heterocycles. The van der Waals surface area contributed by atoms with E-state index in [0.29, 0.717) is 0 Å². The predicted molar refractivity (Wildman–Crippen MR) is 86.9 cm³/mol. The highest BCUT2D eigenvalue weighted by atomic mass is 79.9. The number of aryl methyl sites for hydroxylation is 2. The van der Waals surface area contributed by atoms with Gasteiger partial charge in [-0.05, 0) is 50.1 Å². The van der Waals surface area contributed by atoms with Crippen LogP contribution in [0.5, 0.6) is 0 Å². The first-order valence-corrected chi connectivity index (χ1v) is 7.97. The number of nitrogens with zero attached hydrogens (tertiary/aromatic N) is 2. The van der Waals surface area contributed by atoms with Crippen molar-refractivity contribution >= 4 is 15.9 Å². The Bertz CT molecular complexity index is 563. The van der Waals surface area contributed by atoms with Gasteiger partial charge in [0.15, 0.2) is 0 Å². The Kier molecular flexibility index (Phi) is 5.38. The number of hydrogen-bond donors (Lipinski definition) is 1. The van der Waals surface area contributed by atoms with Crippen molar-refractivity contribution in [2.24, 2.45) is 0 Å². The van der Waals surface area contributed by atoms with Gasteiger partial charge in [-0.15, -0.1) is 0 Å². The second kappa shape index (κ2) is 7.04. The lowest BCUT2D eigenvalue weighted by Gasteiger charge is -2.21. The lowest BCUT2D eigenvalue weighted by atomic mass is 10.0. The summed E-state index contributed by atoms with van der Waals surface area (Å²) in [5, 5.41) is 8.03. The third kappa shape index (κ3) is 3.30. The number of nitrogens with one attached hydrogen (secondary N) is 1. The van der Waals surface area contributed by atoms with Gasteiger partial charge in [0.2, 0.25) is 0 Å². The first kappa shape index (κ1) is 15.3. The Morgan fingerprint density at radius 2 is 2.10 bits per heavy atom. The van der Waals surface area contributed by atoms with E-state index in [4.69, 9.17) is 0 Å². The smallest absolute Gasteiger partial charge is 0.0759 e. The van der Waals surface area contributed by atoms with Gasteiger partial charge in [-0.3, -0.25) is 4.68 Å². The molecule has 0 aliphatic carbocycles. The van der Waals surface area contributed by atoms with Crippen molar-refractivity contribution in [2.75, 3.05) is 6.54 Å². The van der Waals surface area contributed by atoms with E-state index in [2.05, 4.69) is 76.1 Å². The van der Waals surface area contributed by atoms with Gasteiger partial charge in [-0.2, -0.15) is 5.10 Å². The third-order valence-corrected chi connectivity index (χ3v) is 4.10. The SMILES string of the molecule is CCCNC(c1ccc(C)cc1Br)c1ccnn1CC. The fraction of sp³-hybridized carbons (Fsp3) is 0.438. The second-order valence-electron chi connectivity index (χ2n) is 4.98. The molecule has 1 atom stereocenters. The highest BCUT2D eigenvalue weighted by Gasteiger charge is 2.19. The number of benzene rings is 1. The van der Waals surface area contributed by atoms with Gasteiger partial charge in [-0.25, -0.2) is 0 Å². The van der Waals surface area contributed by atoms with Gasteiger partial charge in [0.1, 0.15) is 0 Å². The van der Waals surface area contributed by atoms with Crippen LogP contribution in [-0.4, -0.2) is 16.3 Å². The Hall–Kier alpha value is -1.13. The molecule has 0 radical (unpaired) electrons. The summed E-state index contributed by atoms with van der Waals surface area (Å²) < 4.78 is 3.20. The van der Waals surface area contributed by atoms with Crippen LogP contribution in [0.25, 0.3) is 0 Å². The molecule has 1 aromatic heterocycles. The molecule has 0 bridgehead atoms. The van der Waals surface area contributed by atoms with Gasteiger partial charge >= 0.3 is 0 Å². The van der Waals surface area contributed by atoms with E-state index in [0.717, 1.165) is 24.0 Å². The summed E-state index contributed by atoms with van der Waals surface area (Å²) in [4.78, 5) is 0. The minimum absolute atomic E-state index is 0.173. The Balaban J connectivity index is 2.41. The minimum Gasteiger partial charge on any atom is -0.305 e. The minimum atomic E-state index is 0.173. The normalized spacial score (nSPS) is 12.6. The molecule has 20 heavy (non-hydrogen) atoms. The summed E-state index contributed by atoms with van der Waals surface area (Å²) in [7, 11) is 0. The molecule has 0 fully saturated rings. The van der Waals surface area contributed by atoms with Gasteiger partial charge in [-0.1, -0.05) is 35.0 Å². The van der Waals surface area contributed by atoms with Crippen LogP contribution in [0, 0.1) is 6.92 Å². The maximum Gasteiger partial charge on any atom is 0.0759 e. The Morgan fingerprint density at radius 3 is 2.75 bits per heavy atom. The van der Waals surface area contributed by atoms with Crippen molar-refractivity contribution in [3.05, 3.63) is 51.8 Å². The van der Waals surface area contributed by atoms with E-state index in [9.17, 15) is 0 Å². The summed E-state index contributed by atoms with van der Waals surface area (Å²) in [6.07, 6.45) is 2.99. The van der Waals surface area contributed by atoms with Gasteiger partial charge in [0, 0.05) is 17.2 Å². The van der Waals surface area contributed by atoms with E-state index >= 15 is 0 Å². The first-order valence-electron chi connectivity index (χ1n) is 7.18. The summed E-state index contributed by atoms with van der Waals surface area (Å²) in [6.45, 7) is 8.29. The van der Waals surface area contributed by atoms with E-state index in [-0.39, 0.29) is 6.04 Å². The Morgan fingerprint density at radius 1 is 1.30 bits per heavy atom. The maximum atomic E-state index is 4.40. The average molecular weight is 336 g/mol. The molecular formula is C16H22BrN3. The molecule has 1 unspecified atom stereocenters. The summed E-state index contributed by atoms with van der Waals surface area (Å²) in [6, 6.07) is 8.80. The molecular weight excluding hydrogens is 314 g/mol. The van der Waals surface area contributed by atoms with E-state index in [1.165, 1.54) is 16.8 Å². The van der Waals surface area contributed by atoms with Crippen molar-refractivity contribution in [3.63, 3.8) is 0 Å². The van der Waals surface area contributed by atoms with Crippen LogP contribution in [0.3, 0.4) is 0 Å². The molecule has 0 aliphatic rings. The van der Waals surface area contributed by atoms with Gasteiger partial charge < -0.3 is 5.32 Å². The molecule has 0 saturated carbocycles. The topological polar surface area (TPSA) is 29.9 Å². The van der Waals surface area contributed by atoms with Gasteiger partial charge in [0.05, 0.1) is 11.7 Å². The molecule has 1 N–H and O–H groups in total. The molecule has 3 nitrogen and oxygen atoms in total. The molecule has 108 valence electrons. The molecule has 0 spiro atoms. The van der Waals surface area contributed by atoms with Crippen LogP contribution >= 0.6 is 15.9 Å². The van der Waals surface area contributed by atoms with Crippen molar-refractivity contribution in [1.29, 1.82) is 0 Å². The van der Waals surface area contributed by atoms with Crippen LogP contribution < -0.4 is 5.32 Å².